The van der Waals surface area contributed by atoms with Gasteiger partial charge in [0.05, 0.1) is 12.8 Å². The molecule has 0 bridgehead atoms. The first-order chi connectivity index (χ1) is 17.2. The fraction of sp³-hybridized carbons (Fsp3) is 0.231. The smallest absolute Gasteiger partial charge is 0.272 e. The zero-order valence-electron chi connectivity index (χ0n) is 19.2. The van der Waals surface area contributed by atoms with E-state index in [4.69, 9.17) is 9.47 Å². The summed E-state index contributed by atoms with van der Waals surface area (Å²) in [7, 11) is 1.60. The van der Waals surface area contributed by atoms with Crippen LogP contribution in [0, 0.1) is 0 Å². The van der Waals surface area contributed by atoms with Gasteiger partial charge in [-0.3, -0.25) is 9.78 Å². The molecule has 1 aromatic carbocycles. The molecule has 1 aliphatic rings. The van der Waals surface area contributed by atoms with Gasteiger partial charge >= 0.3 is 0 Å². The molecule has 0 saturated carbocycles. The molecule has 3 aromatic heterocycles. The molecule has 4 heterocycles. The van der Waals surface area contributed by atoms with Gasteiger partial charge in [-0.2, -0.15) is 0 Å². The molecule has 0 radical (unpaired) electrons. The van der Waals surface area contributed by atoms with Crippen molar-refractivity contribution in [2.75, 3.05) is 20.2 Å². The van der Waals surface area contributed by atoms with Gasteiger partial charge in [0.1, 0.15) is 17.7 Å². The molecule has 1 aliphatic heterocycles. The number of hydrogen-bond acceptors (Lipinski definition) is 8. The topological polar surface area (TPSA) is 103 Å². The summed E-state index contributed by atoms with van der Waals surface area (Å²) in [5.41, 5.74) is 2.53. The minimum absolute atomic E-state index is 0.0168. The molecule has 35 heavy (non-hydrogen) atoms. The first kappa shape index (κ1) is 22.4. The van der Waals surface area contributed by atoms with Crippen LogP contribution >= 0.6 is 0 Å². The number of aromatic nitrogens is 5. The number of piperidine rings is 1. The van der Waals surface area contributed by atoms with Crippen LogP contribution in [0.2, 0.25) is 0 Å². The monoisotopic (exact) mass is 468 g/mol. The quantitative estimate of drug-likeness (QED) is 0.416. The summed E-state index contributed by atoms with van der Waals surface area (Å²) in [5, 5.41) is 0. The Kier molecular flexibility index (Phi) is 6.56. The van der Waals surface area contributed by atoms with Crippen LogP contribution in [0.25, 0.3) is 11.3 Å². The number of pyridine rings is 1. The van der Waals surface area contributed by atoms with E-state index in [1.807, 2.05) is 41.3 Å². The second kappa shape index (κ2) is 10.3. The van der Waals surface area contributed by atoms with Gasteiger partial charge in [0.2, 0.25) is 5.88 Å². The molecule has 0 N–H and O–H groups in total. The van der Waals surface area contributed by atoms with Gasteiger partial charge in [-0.15, -0.1) is 0 Å². The number of carbonyl (C=O) groups excluding carboxylic acids is 1. The molecule has 1 saturated heterocycles. The number of methoxy groups -OCH3 is 1. The van der Waals surface area contributed by atoms with E-state index in [9.17, 15) is 4.79 Å². The fourth-order valence-corrected chi connectivity index (χ4v) is 4.19. The molecule has 9 nitrogen and oxygen atoms in total. The van der Waals surface area contributed by atoms with Crippen molar-refractivity contribution < 1.29 is 14.3 Å². The Bertz CT molecular complexity index is 1320. The van der Waals surface area contributed by atoms with Crippen molar-refractivity contribution in [1.29, 1.82) is 0 Å². The molecule has 176 valence electrons. The van der Waals surface area contributed by atoms with Gasteiger partial charge in [-0.05, 0) is 37.1 Å². The minimum atomic E-state index is -0.121. The van der Waals surface area contributed by atoms with Crippen molar-refractivity contribution in [1.82, 2.24) is 29.8 Å². The highest BCUT2D eigenvalue weighted by Gasteiger charge is 2.29. The van der Waals surface area contributed by atoms with Crippen LogP contribution in [0.3, 0.4) is 0 Å². The van der Waals surface area contributed by atoms with Crippen molar-refractivity contribution >= 4 is 5.91 Å². The average Bonchev–Trinajstić information content (AvgIpc) is 2.94. The summed E-state index contributed by atoms with van der Waals surface area (Å²) in [6.07, 6.45) is 9.79. The Labute approximate surface area is 202 Å². The van der Waals surface area contributed by atoms with Crippen molar-refractivity contribution in [2.45, 2.75) is 18.8 Å². The van der Waals surface area contributed by atoms with Crippen LogP contribution < -0.4 is 9.47 Å². The minimum Gasteiger partial charge on any atom is -0.493 e. The molecular formula is C26H24N6O3. The van der Waals surface area contributed by atoms with E-state index >= 15 is 0 Å². The van der Waals surface area contributed by atoms with Crippen molar-refractivity contribution in [2.24, 2.45) is 0 Å². The average molecular weight is 469 g/mol. The van der Waals surface area contributed by atoms with E-state index in [1.165, 1.54) is 6.33 Å². The number of para-hydroxylation sites is 2. The summed E-state index contributed by atoms with van der Waals surface area (Å²) < 4.78 is 11.5. The molecule has 1 amide bonds. The van der Waals surface area contributed by atoms with Gasteiger partial charge in [0.25, 0.3) is 5.91 Å². The summed E-state index contributed by atoms with van der Waals surface area (Å²) in [4.78, 5) is 36.8. The molecule has 0 spiro atoms. The summed E-state index contributed by atoms with van der Waals surface area (Å²) in [6, 6.07) is 12.8. The van der Waals surface area contributed by atoms with E-state index in [1.54, 1.807) is 38.0 Å². The van der Waals surface area contributed by atoms with Gasteiger partial charge < -0.3 is 14.4 Å². The van der Waals surface area contributed by atoms with Crippen LogP contribution in [-0.2, 0) is 0 Å². The number of nitrogens with zero attached hydrogens (tertiary/aromatic N) is 6. The Morgan fingerprint density at radius 3 is 2.63 bits per heavy atom. The van der Waals surface area contributed by atoms with E-state index in [2.05, 4.69) is 24.9 Å². The van der Waals surface area contributed by atoms with Crippen LogP contribution in [0.1, 0.15) is 34.9 Å². The second-order valence-electron chi connectivity index (χ2n) is 8.13. The van der Waals surface area contributed by atoms with Crippen molar-refractivity contribution in [3.63, 3.8) is 0 Å². The molecule has 1 fully saturated rings. The second-order valence-corrected chi connectivity index (χ2v) is 8.13. The Morgan fingerprint density at radius 2 is 1.80 bits per heavy atom. The van der Waals surface area contributed by atoms with Gasteiger partial charge in [-0.25, -0.2) is 19.9 Å². The van der Waals surface area contributed by atoms with Crippen LogP contribution in [0.5, 0.6) is 17.4 Å². The number of ether oxygens (including phenoxy) is 2. The normalized spacial score (nSPS) is 15.5. The third kappa shape index (κ3) is 4.93. The third-order valence-corrected chi connectivity index (χ3v) is 5.89. The van der Waals surface area contributed by atoms with Crippen LogP contribution in [-0.4, -0.2) is 55.9 Å². The molecule has 5 rings (SSSR count). The Balaban J connectivity index is 1.36. The lowest BCUT2D eigenvalue weighted by Gasteiger charge is -2.32. The molecule has 0 aliphatic carbocycles. The first-order valence-electron chi connectivity index (χ1n) is 11.4. The SMILES string of the molecule is COc1ccccc1Oc1nccnc1[C@H]1CCCN(C(=O)c2cccc(-c3cncnc3)n2)C1. The maximum absolute atomic E-state index is 13.4. The maximum atomic E-state index is 13.4. The summed E-state index contributed by atoms with van der Waals surface area (Å²) >= 11 is 0. The van der Waals surface area contributed by atoms with Gasteiger partial charge in [-0.1, -0.05) is 18.2 Å². The largest absolute Gasteiger partial charge is 0.493 e. The lowest BCUT2D eigenvalue weighted by Crippen LogP contribution is -2.39. The zero-order valence-corrected chi connectivity index (χ0v) is 19.2. The molecule has 0 unspecified atom stereocenters. The van der Waals surface area contributed by atoms with Gasteiger partial charge in [0, 0.05) is 49.4 Å². The maximum Gasteiger partial charge on any atom is 0.272 e. The number of likely N-dealkylation sites (tertiary alicyclic amines) is 1. The van der Waals surface area contributed by atoms with E-state index in [-0.39, 0.29) is 11.8 Å². The standard InChI is InChI=1S/C26H24N6O3/c1-34-22-9-2-3-10-23(22)35-25-24(29-11-12-30-25)18-6-5-13-32(16-18)26(33)21-8-4-7-20(31-21)19-14-27-17-28-15-19/h2-4,7-12,14-15,17-18H,5-6,13,16H2,1H3/t18-/m0/s1. The number of benzene rings is 1. The Morgan fingerprint density at radius 1 is 1.00 bits per heavy atom. The predicted molar refractivity (Wildman–Crippen MR) is 128 cm³/mol. The highest BCUT2D eigenvalue weighted by Crippen LogP contribution is 2.36. The highest BCUT2D eigenvalue weighted by molar-refractivity contribution is 5.93. The molecule has 1 atom stereocenters. The van der Waals surface area contributed by atoms with E-state index < -0.39 is 0 Å². The lowest BCUT2D eigenvalue weighted by molar-refractivity contribution is 0.0699. The first-order valence-corrected chi connectivity index (χ1v) is 11.4. The van der Waals surface area contributed by atoms with E-state index in [0.29, 0.717) is 41.9 Å². The molecule has 9 heteroatoms. The van der Waals surface area contributed by atoms with Crippen LogP contribution in [0.4, 0.5) is 0 Å². The summed E-state index contributed by atoms with van der Waals surface area (Å²) in [6.45, 7) is 1.15. The third-order valence-electron chi connectivity index (χ3n) is 5.89. The van der Waals surface area contributed by atoms with Gasteiger partial charge in [0.15, 0.2) is 11.5 Å². The van der Waals surface area contributed by atoms with Crippen molar-refractivity contribution in [3.05, 3.63) is 85.0 Å². The molecule has 4 aromatic rings. The van der Waals surface area contributed by atoms with Crippen LogP contribution in [0.15, 0.2) is 73.6 Å². The lowest BCUT2D eigenvalue weighted by atomic mass is 9.94. The fourth-order valence-electron chi connectivity index (χ4n) is 4.19. The number of amides is 1. The number of carbonyl (C=O) groups is 1. The highest BCUT2D eigenvalue weighted by atomic mass is 16.5. The van der Waals surface area contributed by atoms with E-state index in [0.717, 1.165) is 24.1 Å². The number of rotatable bonds is 6. The predicted octanol–water partition coefficient (Wildman–Crippen LogP) is 4.15. The Hall–Kier alpha value is -4.40. The molecular weight excluding hydrogens is 444 g/mol. The van der Waals surface area contributed by atoms with Crippen molar-refractivity contribution in [3.8, 4) is 28.6 Å². The zero-order chi connectivity index (χ0) is 24.0. The summed E-state index contributed by atoms with van der Waals surface area (Å²) in [5.74, 6) is 1.45. The number of hydrogen-bond donors (Lipinski definition) is 0.